The van der Waals surface area contributed by atoms with Gasteiger partial charge < -0.3 is 18.9 Å². The van der Waals surface area contributed by atoms with Crippen molar-refractivity contribution in [2.24, 2.45) is 0 Å². The quantitative estimate of drug-likeness (QED) is 0.254. The van der Waals surface area contributed by atoms with E-state index in [1.807, 2.05) is 35.0 Å². The van der Waals surface area contributed by atoms with Gasteiger partial charge in [-0.05, 0) is 36.8 Å². The van der Waals surface area contributed by atoms with Crippen LogP contribution in [0.5, 0.6) is 0 Å². The Morgan fingerprint density at radius 1 is 1.12 bits per heavy atom. The van der Waals surface area contributed by atoms with Gasteiger partial charge in [-0.1, -0.05) is 24.3 Å². The van der Waals surface area contributed by atoms with Crippen LogP contribution in [0.2, 0.25) is 0 Å². The molecule has 0 fully saturated rings. The Labute approximate surface area is 191 Å². The Kier molecular flexibility index (Phi) is 7.59. The van der Waals surface area contributed by atoms with Crippen LogP contribution >= 0.6 is 11.8 Å². The molecule has 0 saturated heterocycles. The second kappa shape index (κ2) is 10.8. The summed E-state index contributed by atoms with van der Waals surface area (Å²) in [5.74, 6) is 0.266. The molecule has 0 bridgehead atoms. The number of carbonyl (C=O) groups is 1. The van der Waals surface area contributed by atoms with Crippen LogP contribution in [0.1, 0.15) is 28.5 Å². The molecule has 4 rings (SSSR count). The van der Waals surface area contributed by atoms with Gasteiger partial charge in [0.05, 0.1) is 37.8 Å². The zero-order chi connectivity index (χ0) is 22.3. The summed E-state index contributed by atoms with van der Waals surface area (Å²) in [6.45, 7) is 3.76. The fraction of sp³-hybridized carbons (Fsp3) is 0.333. The second-order valence-corrected chi connectivity index (χ2v) is 8.15. The summed E-state index contributed by atoms with van der Waals surface area (Å²) in [6.07, 6.45) is 0. The van der Waals surface area contributed by atoms with Gasteiger partial charge in [-0.15, -0.1) is 11.8 Å². The van der Waals surface area contributed by atoms with E-state index < -0.39 is 5.97 Å². The van der Waals surface area contributed by atoms with Gasteiger partial charge in [0.25, 0.3) is 0 Å². The third kappa shape index (κ3) is 4.88. The molecule has 0 saturated carbocycles. The molecule has 8 heteroatoms. The average Bonchev–Trinajstić information content (AvgIpc) is 3.22. The molecule has 0 unspecified atom stereocenters. The predicted molar refractivity (Wildman–Crippen MR) is 122 cm³/mol. The first kappa shape index (κ1) is 22.5. The van der Waals surface area contributed by atoms with E-state index >= 15 is 0 Å². The lowest BCUT2D eigenvalue weighted by Crippen LogP contribution is -2.09. The van der Waals surface area contributed by atoms with Crippen molar-refractivity contribution in [1.29, 1.82) is 0 Å². The Bertz CT molecular complexity index is 1070. The van der Waals surface area contributed by atoms with Crippen LogP contribution in [0.25, 0.3) is 16.9 Å². The number of rotatable bonds is 10. The number of esters is 1. The molecule has 2 aromatic carbocycles. The third-order valence-electron chi connectivity index (χ3n) is 4.99. The summed E-state index contributed by atoms with van der Waals surface area (Å²) >= 11 is 1.70. The van der Waals surface area contributed by atoms with Crippen LogP contribution in [0, 0.1) is 0 Å². The van der Waals surface area contributed by atoms with Crippen molar-refractivity contribution in [3.63, 3.8) is 0 Å². The van der Waals surface area contributed by atoms with Crippen LogP contribution in [-0.2, 0) is 31.3 Å². The molecule has 0 radical (unpaired) electrons. The number of nitrogens with zero attached hydrogens (tertiary/aromatic N) is 2. The van der Waals surface area contributed by atoms with Crippen LogP contribution in [0.3, 0.4) is 0 Å². The second-order valence-electron chi connectivity index (χ2n) is 7.13. The summed E-state index contributed by atoms with van der Waals surface area (Å²) in [5, 5.41) is 4.68. The molecule has 32 heavy (non-hydrogen) atoms. The first-order valence-corrected chi connectivity index (χ1v) is 11.5. The number of methoxy groups -OCH3 is 1. The van der Waals surface area contributed by atoms with Gasteiger partial charge in [0.2, 0.25) is 0 Å². The van der Waals surface area contributed by atoms with Crippen molar-refractivity contribution in [2.75, 3.05) is 33.7 Å². The van der Waals surface area contributed by atoms with Crippen molar-refractivity contribution in [1.82, 2.24) is 9.78 Å². The largest absolute Gasteiger partial charge is 0.461 e. The van der Waals surface area contributed by atoms with E-state index in [2.05, 4.69) is 23.3 Å². The number of thioether (sulfide) groups is 1. The van der Waals surface area contributed by atoms with E-state index in [-0.39, 0.29) is 6.79 Å². The van der Waals surface area contributed by atoms with E-state index in [4.69, 9.17) is 18.9 Å². The van der Waals surface area contributed by atoms with Crippen LogP contribution in [0.15, 0.2) is 53.4 Å². The molecule has 1 aliphatic rings. The van der Waals surface area contributed by atoms with Gasteiger partial charge in [0.1, 0.15) is 6.79 Å². The number of hydrogen-bond donors (Lipinski definition) is 0. The Morgan fingerprint density at radius 2 is 1.97 bits per heavy atom. The number of aromatic nitrogens is 2. The molecule has 0 atom stereocenters. The number of para-hydroxylation sites is 1. The van der Waals surface area contributed by atoms with Crippen molar-refractivity contribution >= 4 is 17.7 Å². The number of carbonyl (C=O) groups excluding carboxylic acids is 1. The Balaban J connectivity index is 1.67. The summed E-state index contributed by atoms with van der Waals surface area (Å²) < 4.78 is 23.1. The third-order valence-corrected chi connectivity index (χ3v) is 6.09. The van der Waals surface area contributed by atoms with Crippen molar-refractivity contribution in [3.8, 4) is 16.9 Å². The molecule has 1 aromatic heterocycles. The van der Waals surface area contributed by atoms with Gasteiger partial charge in [0, 0.05) is 28.9 Å². The summed E-state index contributed by atoms with van der Waals surface area (Å²) in [4.78, 5) is 13.8. The normalized spacial score (nSPS) is 12.3. The first-order valence-electron chi connectivity index (χ1n) is 10.5. The molecule has 0 aliphatic carbocycles. The van der Waals surface area contributed by atoms with Gasteiger partial charge in [-0.2, -0.15) is 5.10 Å². The topological polar surface area (TPSA) is 71.8 Å². The van der Waals surface area contributed by atoms with Gasteiger partial charge >= 0.3 is 5.97 Å². The van der Waals surface area contributed by atoms with E-state index in [1.54, 1.807) is 25.8 Å². The Hall–Kier alpha value is -2.65. The summed E-state index contributed by atoms with van der Waals surface area (Å²) in [5.41, 5.74) is 5.13. The lowest BCUT2D eigenvalue weighted by molar-refractivity contribution is -0.0724. The van der Waals surface area contributed by atoms with Crippen molar-refractivity contribution in [2.45, 2.75) is 24.2 Å². The number of fused-ring (bicyclic) bond motifs is 3. The molecule has 0 spiro atoms. The van der Waals surface area contributed by atoms with Crippen LogP contribution < -0.4 is 0 Å². The lowest BCUT2D eigenvalue weighted by atomic mass is 10.0. The van der Waals surface area contributed by atoms with E-state index in [9.17, 15) is 4.79 Å². The maximum atomic E-state index is 12.6. The molecule has 0 amide bonds. The number of hydrogen-bond acceptors (Lipinski definition) is 7. The molecule has 7 nitrogen and oxygen atoms in total. The highest BCUT2D eigenvalue weighted by Gasteiger charge is 2.30. The highest BCUT2D eigenvalue weighted by atomic mass is 32.2. The molecule has 0 N–H and O–H groups in total. The van der Waals surface area contributed by atoms with Crippen molar-refractivity contribution in [3.05, 3.63) is 65.4 Å². The number of benzene rings is 2. The standard InChI is InChI=1S/C24H26N2O5S/c1-3-31-24(27)22-20-15-32-21-10-9-17(14-30-16-29-12-11-28-2)13-19(21)23(20)26(25-22)18-7-5-4-6-8-18/h4-10,13H,3,11-12,14-16H2,1-2H3. The average molecular weight is 455 g/mol. The monoisotopic (exact) mass is 454 g/mol. The summed E-state index contributed by atoms with van der Waals surface area (Å²) in [7, 11) is 1.64. The molecule has 168 valence electrons. The van der Waals surface area contributed by atoms with Gasteiger partial charge in [-0.3, -0.25) is 0 Å². The molecule has 3 aromatic rings. The molecular weight excluding hydrogens is 428 g/mol. The lowest BCUT2D eigenvalue weighted by Gasteiger charge is -2.19. The van der Waals surface area contributed by atoms with Gasteiger partial charge in [-0.25, -0.2) is 9.48 Å². The maximum Gasteiger partial charge on any atom is 0.359 e. The van der Waals surface area contributed by atoms with Crippen LogP contribution in [-0.4, -0.2) is 49.5 Å². The fourth-order valence-electron chi connectivity index (χ4n) is 3.53. The Morgan fingerprint density at radius 3 is 2.75 bits per heavy atom. The fourth-order valence-corrected chi connectivity index (χ4v) is 4.58. The van der Waals surface area contributed by atoms with Crippen molar-refractivity contribution < 1.29 is 23.7 Å². The molecule has 2 heterocycles. The van der Waals surface area contributed by atoms with E-state index in [0.29, 0.717) is 37.9 Å². The first-order chi connectivity index (χ1) is 15.7. The SMILES string of the molecule is CCOC(=O)c1nn(-c2ccccc2)c2c1CSc1ccc(COCOCCOC)cc1-2. The molecule has 1 aliphatic heterocycles. The zero-order valence-corrected chi connectivity index (χ0v) is 19.0. The molecular formula is C24H26N2O5S. The van der Waals surface area contributed by atoms with E-state index in [1.165, 1.54) is 0 Å². The smallest absolute Gasteiger partial charge is 0.359 e. The van der Waals surface area contributed by atoms with Gasteiger partial charge in [0.15, 0.2) is 5.69 Å². The minimum absolute atomic E-state index is 0.204. The highest BCUT2D eigenvalue weighted by Crippen LogP contribution is 2.44. The number of ether oxygens (including phenoxy) is 4. The van der Waals surface area contributed by atoms with Crippen LogP contribution in [0.4, 0.5) is 0 Å². The minimum atomic E-state index is -0.393. The van der Waals surface area contributed by atoms with E-state index in [0.717, 1.165) is 33.0 Å². The minimum Gasteiger partial charge on any atom is -0.461 e. The zero-order valence-electron chi connectivity index (χ0n) is 18.2. The highest BCUT2D eigenvalue weighted by molar-refractivity contribution is 7.98. The maximum absolute atomic E-state index is 12.6. The summed E-state index contributed by atoms with van der Waals surface area (Å²) in [6, 6.07) is 16.1. The predicted octanol–water partition coefficient (Wildman–Crippen LogP) is 4.46.